The summed E-state index contributed by atoms with van der Waals surface area (Å²) in [6.45, 7) is 2.54. The molecule has 9 rings (SSSR count). The third kappa shape index (κ3) is 6.32. The Bertz CT molecular complexity index is 2240. The summed E-state index contributed by atoms with van der Waals surface area (Å²) in [5.41, 5.74) is 4.47. The zero-order chi connectivity index (χ0) is 38.7. The fraction of sp³-hybridized carbons (Fsp3) is 0.463. The van der Waals surface area contributed by atoms with Crippen molar-refractivity contribution in [1.82, 2.24) is 39.5 Å². The predicted octanol–water partition coefficient (Wildman–Crippen LogP) is 4.28. The lowest BCUT2D eigenvalue weighted by molar-refractivity contribution is -0.136. The van der Waals surface area contributed by atoms with Gasteiger partial charge in [0.15, 0.2) is 0 Å². The van der Waals surface area contributed by atoms with Gasteiger partial charge in [-0.25, -0.2) is 9.97 Å². The van der Waals surface area contributed by atoms with Crippen LogP contribution in [0.1, 0.15) is 101 Å². The summed E-state index contributed by atoms with van der Waals surface area (Å²) in [6, 6.07) is 11.1. The predicted molar refractivity (Wildman–Crippen MR) is 207 cm³/mol. The lowest BCUT2D eigenvalue weighted by Gasteiger charge is -2.49. The summed E-state index contributed by atoms with van der Waals surface area (Å²) in [6.07, 6.45) is 10.9. The minimum Gasteiger partial charge on any atom is -0.368 e. The van der Waals surface area contributed by atoms with Crippen LogP contribution < -0.4 is 15.5 Å². The van der Waals surface area contributed by atoms with Gasteiger partial charge < -0.3 is 29.5 Å². The average Bonchev–Trinajstić information content (AvgIpc) is 3.93. The molecule has 4 aromatic rings. The summed E-state index contributed by atoms with van der Waals surface area (Å²) in [7, 11) is 3.51. The van der Waals surface area contributed by atoms with Crippen LogP contribution in [0, 0.1) is 5.92 Å². The van der Waals surface area contributed by atoms with Gasteiger partial charge in [-0.1, -0.05) is 18.9 Å². The molecule has 1 aliphatic carbocycles. The number of pyridine rings is 1. The molecule has 290 valence electrons. The second kappa shape index (κ2) is 14.3. The molecule has 0 radical (unpaired) electrons. The van der Waals surface area contributed by atoms with Crippen LogP contribution >= 0.6 is 0 Å². The molecule has 2 atom stereocenters. The monoisotopic (exact) mass is 758 g/mol. The van der Waals surface area contributed by atoms with Crippen LogP contribution in [0.25, 0.3) is 11.0 Å². The highest BCUT2D eigenvalue weighted by atomic mass is 16.2. The van der Waals surface area contributed by atoms with E-state index in [1.54, 1.807) is 48.4 Å². The minimum absolute atomic E-state index is 0.0500. The SMILES string of the molecule is CN(C)C(=O)c1cc2cnc(Nc3ccc(C(=O)N4CCC([C@@H]5CCN5c5cccc6c5CN([C@H]5CCC(=O)NC5=O)C6=O)CC4)cn3)nc2n1C1CCCC1. The van der Waals surface area contributed by atoms with E-state index >= 15 is 0 Å². The number of nitrogens with one attached hydrogen (secondary N) is 2. The Balaban J connectivity index is 0.827. The number of aromatic nitrogens is 4. The lowest BCUT2D eigenvalue weighted by Crippen LogP contribution is -2.55. The van der Waals surface area contributed by atoms with E-state index in [9.17, 15) is 24.0 Å². The number of amides is 5. The molecule has 3 saturated heterocycles. The van der Waals surface area contributed by atoms with E-state index < -0.39 is 11.9 Å². The van der Waals surface area contributed by atoms with Gasteiger partial charge in [-0.3, -0.25) is 29.3 Å². The van der Waals surface area contributed by atoms with Gasteiger partial charge in [0.25, 0.3) is 17.7 Å². The maximum atomic E-state index is 13.6. The van der Waals surface area contributed by atoms with Crippen LogP contribution in [0.3, 0.4) is 0 Å². The van der Waals surface area contributed by atoms with Gasteiger partial charge in [-0.05, 0) is 74.8 Å². The van der Waals surface area contributed by atoms with Crippen LogP contribution in [0.5, 0.6) is 0 Å². The van der Waals surface area contributed by atoms with Crippen molar-refractivity contribution >= 4 is 58.0 Å². The third-order valence-corrected chi connectivity index (χ3v) is 12.4. The number of likely N-dealkylation sites (tertiary alicyclic amines) is 1. The van der Waals surface area contributed by atoms with Crippen LogP contribution in [0.4, 0.5) is 17.5 Å². The van der Waals surface area contributed by atoms with Crippen molar-refractivity contribution in [1.29, 1.82) is 0 Å². The zero-order valence-electron chi connectivity index (χ0n) is 31.7. The normalized spacial score (nSPS) is 21.7. The first-order chi connectivity index (χ1) is 27.1. The topological polar surface area (TPSA) is 166 Å². The molecule has 1 aromatic carbocycles. The molecule has 0 spiro atoms. The first kappa shape index (κ1) is 35.8. The van der Waals surface area contributed by atoms with Crippen molar-refractivity contribution in [3.05, 3.63) is 71.2 Å². The molecular weight excluding hydrogens is 713 g/mol. The van der Waals surface area contributed by atoms with Crippen LogP contribution in [-0.2, 0) is 16.1 Å². The fourth-order valence-electron chi connectivity index (χ4n) is 9.41. The number of imide groups is 1. The van der Waals surface area contributed by atoms with Crippen molar-refractivity contribution in [2.45, 2.75) is 82.5 Å². The molecule has 5 amide bonds. The Labute approximate surface area is 324 Å². The number of hydrogen-bond acceptors (Lipinski definition) is 10. The Morgan fingerprint density at radius 2 is 1.70 bits per heavy atom. The Hall–Kier alpha value is -5.86. The Kier molecular flexibility index (Phi) is 9.17. The standard InChI is InChI=1S/C41H46N10O5/c1-47(2)40(56)33-20-26-22-43-41(46-36(26)51(33)27-6-3-4-7-27)44-34-12-10-25(21-42-34)38(54)48-17-14-24(15-18-48)30-16-19-49(30)31-9-5-8-28-29(31)23-50(39(28)55)32-11-13-35(52)45-37(32)53/h5,8-10,12,20-22,24,27,30,32H,3-4,6-7,11,13-19,23H2,1-2H3,(H,45,52,53)(H,42,43,44,46)/t30-,32-/m0/s1. The quantitative estimate of drug-likeness (QED) is 0.248. The largest absolute Gasteiger partial charge is 0.368 e. The van der Waals surface area contributed by atoms with E-state index in [1.165, 1.54) is 0 Å². The fourth-order valence-corrected chi connectivity index (χ4v) is 9.41. The second-order valence-corrected chi connectivity index (χ2v) is 15.9. The highest BCUT2D eigenvalue weighted by Gasteiger charge is 2.43. The molecule has 4 aliphatic heterocycles. The number of fused-ring (bicyclic) bond motifs is 2. The molecule has 2 N–H and O–H groups in total. The van der Waals surface area contributed by atoms with Gasteiger partial charge in [-0.15, -0.1) is 0 Å². The van der Waals surface area contributed by atoms with Crippen molar-refractivity contribution in [3.63, 3.8) is 0 Å². The number of benzene rings is 1. The van der Waals surface area contributed by atoms with Crippen LogP contribution in [0.2, 0.25) is 0 Å². The summed E-state index contributed by atoms with van der Waals surface area (Å²) < 4.78 is 2.08. The van der Waals surface area contributed by atoms with E-state index in [2.05, 4.69) is 36.1 Å². The smallest absolute Gasteiger partial charge is 0.270 e. The van der Waals surface area contributed by atoms with Crippen molar-refractivity contribution in [2.75, 3.05) is 43.9 Å². The first-order valence-electron chi connectivity index (χ1n) is 19.8. The number of anilines is 3. The van der Waals surface area contributed by atoms with E-state index in [4.69, 9.17) is 4.98 Å². The van der Waals surface area contributed by atoms with Gasteiger partial charge in [-0.2, -0.15) is 4.98 Å². The zero-order valence-corrected chi connectivity index (χ0v) is 31.7. The molecule has 0 unspecified atom stereocenters. The first-order valence-corrected chi connectivity index (χ1v) is 19.8. The summed E-state index contributed by atoms with van der Waals surface area (Å²) in [4.78, 5) is 85.8. The summed E-state index contributed by atoms with van der Waals surface area (Å²) in [5.74, 6) is 0.322. The minimum atomic E-state index is -0.642. The molecule has 56 heavy (non-hydrogen) atoms. The summed E-state index contributed by atoms with van der Waals surface area (Å²) >= 11 is 0. The molecule has 15 heteroatoms. The van der Waals surface area contributed by atoms with Crippen molar-refractivity contribution < 1.29 is 24.0 Å². The van der Waals surface area contributed by atoms with Gasteiger partial charge >= 0.3 is 0 Å². The molecule has 15 nitrogen and oxygen atoms in total. The van der Waals surface area contributed by atoms with Gasteiger partial charge in [0.1, 0.15) is 23.2 Å². The maximum Gasteiger partial charge on any atom is 0.270 e. The number of nitrogens with zero attached hydrogens (tertiary/aromatic N) is 8. The van der Waals surface area contributed by atoms with Crippen molar-refractivity contribution in [3.8, 4) is 0 Å². The number of piperidine rings is 2. The summed E-state index contributed by atoms with van der Waals surface area (Å²) in [5, 5.41) is 6.39. The van der Waals surface area contributed by atoms with E-state index in [0.717, 1.165) is 73.8 Å². The van der Waals surface area contributed by atoms with E-state index in [0.29, 0.717) is 66.6 Å². The highest BCUT2D eigenvalue weighted by molar-refractivity contribution is 6.06. The van der Waals surface area contributed by atoms with E-state index in [1.807, 2.05) is 23.1 Å². The molecule has 0 bridgehead atoms. The number of rotatable bonds is 8. The number of hydrogen-bond donors (Lipinski definition) is 2. The van der Waals surface area contributed by atoms with Crippen LogP contribution in [0.15, 0.2) is 48.8 Å². The maximum absolute atomic E-state index is 13.6. The number of carbonyl (C=O) groups is 5. The highest BCUT2D eigenvalue weighted by Crippen LogP contribution is 2.41. The molecule has 5 aliphatic rings. The Morgan fingerprint density at radius 3 is 2.39 bits per heavy atom. The van der Waals surface area contributed by atoms with Crippen LogP contribution in [-0.4, -0.2) is 110 Å². The second-order valence-electron chi connectivity index (χ2n) is 15.9. The molecular formula is C41H46N10O5. The van der Waals surface area contributed by atoms with Gasteiger partial charge in [0.05, 0.1) is 5.56 Å². The number of carbonyl (C=O) groups excluding carboxylic acids is 5. The molecule has 4 fully saturated rings. The van der Waals surface area contributed by atoms with Crippen molar-refractivity contribution in [2.24, 2.45) is 5.92 Å². The van der Waals surface area contributed by atoms with E-state index in [-0.39, 0.29) is 36.1 Å². The van der Waals surface area contributed by atoms with Gasteiger partial charge in [0, 0.05) is 93.4 Å². The lowest BCUT2D eigenvalue weighted by atomic mass is 9.81. The average molecular weight is 759 g/mol. The van der Waals surface area contributed by atoms with Gasteiger partial charge in [0.2, 0.25) is 17.8 Å². The third-order valence-electron chi connectivity index (χ3n) is 12.4. The molecule has 3 aromatic heterocycles. The molecule has 7 heterocycles. The molecule has 1 saturated carbocycles. The Morgan fingerprint density at radius 1 is 0.893 bits per heavy atom.